The molecule has 0 aliphatic rings. The van der Waals surface area contributed by atoms with Gasteiger partial charge in [-0.05, 0) is 31.9 Å². The van der Waals surface area contributed by atoms with Crippen LogP contribution in [0.1, 0.15) is 38.1 Å². The summed E-state index contributed by atoms with van der Waals surface area (Å²) in [6, 6.07) is 7.21. The zero-order chi connectivity index (χ0) is 12.8. The molecule has 0 fully saturated rings. The molecule has 0 aliphatic carbocycles. The molecule has 1 rings (SSSR count). The molecule has 1 atom stereocenters. The van der Waals surface area contributed by atoms with Gasteiger partial charge in [0.2, 0.25) is 0 Å². The summed E-state index contributed by atoms with van der Waals surface area (Å²) in [7, 11) is 0. The lowest BCUT2D eigenvalue weighted by molar-refractivity contribution is -0.0757. The fourth-order valence-electron chi connectivity index (χ4n) is 1.40. The van der Waals surface area contributed by atoms with Crippen molar-refractivity contribution in [3.8, 4) is 5.75 Å². The van der Waals surface area contributed by atoms with Gasteiger partial charge in [0, 0.05) is 0 Å². The number of carbonyl (C=O) groups is 1. The Kier molecular flexibility index (Phi) is 5.16. The summed E-state index contributed by atoms with van der Waals surface area (Å²) in [5.41, 5.74) is 0.590. The van der Waals surface area contributed by atoms with Crippen molar-refractivity contribution in [3.05, 3.63) is 29.8 Å². The number of carbonyl (C=O) groups excluding carboxylic acids is 1. The lowest BCUT2D eigenvalue weighted by atomic mass is 10.1. The van der Waals surface area contributed by atoms with E-state index in [0.29, 0.717) is 23.8 Å². The summed E-state index contributed by atoms with van der Waals surface area (Å²) in [6.07, 6.45) is -0.349. The second kappa shape index (κ2) is 6.40. The summed E-state index contributed by atoms with van der Waals surface area (Å²) in [6.45, 7) is 8.16. The summed E-state index contributed by atoms with van der Waals surface area (Å²) in [5.74, 6) is 1.04. The van der Waals surface area contributed by atoms with Crippen molar-refractivity contribution in [1.82, 2.24) is 0 Å². The minimum atomic E-state index is -0.349. The molecule has 3 heteroatoms. The molecule has 0 radical (unpaired) electrons. The molecule has 1 aromatic carbocycles. The first-order valence-electron chi connectivity index (χ1n) is 5.89. The Morgan fingerprint density at radius 2 is 1.88 bits per heavy atom. The molecule has 0 spiro atoms. The predicted molar refractivity (Wildman–Crippen MR) is 67.3 cm³/mol. The standard InChI is InChI=1S/C14H20O3/c1-10(2)9-16-12(4)17-14-8-6-5-7-13(14)11(3)15/h5-8,10,12H,9H2,1-4H3. The maximum absolute atomic E-state index is 11.4. The first-order chi connectivity index (χ1) is 8.00. The van der Waals surface area contributed by atoms with E-state index in [1.54, 1.807) is 12.1 Å². The van der Waals surface area contributed by atoms with E-state index < -0.39 is 0 Å². The van der Waals surface area contributed by atoms with Gasteiger partial charge in [-0.1, -0.05) is 26.0 Å². The number of ketones is 1. The van der Waals surface area contributed by atoms with E-state index in [4.69, 9.17) is 9.47 Å². The normalized spacial score (nSPS) is 12.5. The smallest absolute Gasteiger partial charge is 0.197 e. The Bertz CT molecular complexity index is 371. The molecular weight excluding hydrogens is 216 g/mol. The zero-order valence-corrected chi connectivity index (χ0v) is 10.9. The van der Waals surface area contributed by atoms with Gasteiger partial charge < -0.3 is 9.47 Å². The highest BCUT2D eigenvalue weighted by Crippen LogP contribution is 2.20. The van der Waals surface area contributed by atoms with E-state index in [1.807, 2.05) is 19.1 Å². The second-order valence-corrected chi connectivity index (χ2v) is 4.47. The third-order valence-corrected chi connectivity index (χ3v) is 2.22. The van der Waals surface area contributed by atoms with Crippen molar-refractivity contribution in [1.29, 1.82) is 0 Å². The van der Waals surface area contributed by atoms with Crippen molar-refractivity contribution in [3.63, 3.8) is 0 Å². The van der Waals surface area contributed by atoms with Crippen molar-refractivity contribution in [2.45, 2.75) is 34.0 Å². The van der Waals surface area contributed by atoms with E-state index >= 15 is 0 Å². The first-order valence-corrected chi connectivity index (χ1v) is 5.89. The maximum Gasteiger partial charge on any atom is 0.197 e. The Hall–Kier alpha value is -1.35. The number of hydrogen-bond acceptors (Lipinski definition) is 3. The highest BCUT2D eigenvalue weighted by atomic mass is 16.7. The number of benzene rings is 1. The molecule has 0 amide bonds. The number of ether oxygens (including phenoxy) is 2. The lowest BCUT2D eigenvalue weighted by Crippen LogP contribution is -2.20. The average Bonchev–Trinajstić information content (AvgIpc) is 2.27. The van der Waals surface area contributed by atoms with Crippen LogP contribution in [-0.4, -0.2) is 18.7 Å². The van der Waals surface area contributed by atoms with E-state index in [0.717, 1.165) is 0 Å². The van der Waals surface area contributed by atoms with Gasteiger partial charge in [-0.15, -0.1) is 0 Å². The molecule has 0 bridgehead atoms. The topological polar surface area (TPSA) is 35.5 Å². The average molecular weight is 236 g/mol. The van der Waals surface area contributed by atoms with E-state index in [2.05, 4.69) is 13.8 Å². The van der Waals surface area contributed by atoms with Crippen molar-refractivity contribution >= 4 is 5.78 Å². The Morgan fingerprint density at radius 1 is 1.24 bits per heavy atom. The molecule has 3 nitrogen and oxygen atoms in total. The van der Waals surface area contributed by atoms with Gasteiger partial charge in [-0.25, -0.2) is 0 Å². The SMILES string of the molecule is CC(=O)c1ccccc1OC(C)OCC(C)C. The third-order valence-electron chi connectivity index (χ3n) is 2.22. The predicted octanol–water partition coefficient (Wildman–Crippen LogP) is 3.29. The highest BCUT2D eigenvalue weighted by molar-refractivity contribution is 5.96. The molecule has 1 aromatic rings. The van der Waals surface area contributed by atoms with Crippen molar-refractivity contribution in [2.24, 2.45) is 5.92 Å². The third kappa shape index (κ3) is 4.57. The van der Waals surface area contributed by atoms with Gasteiger partial charge in [-0.3, -0.25) is 4.79 Å². The van der Waals surface area contributed by atoms with E-state index in [-0.39, 0.29) is 12.1 Å². The minimum absolute atomic E-state index is 0.00309. The number of Topliss-reactive ketones (excluding diaryl/α,β-unsaturated/α-hetero) is 1. The fourth-order valence-corrected chi connectivity index (χ4v) is 1.40. The fraction of sp³-hybridized carbons (Fsp3) is 0.500. The molecule has 0 N–H and O–H groups in total. The van der Waals surface area contributed by atoms with Gasteiger partial charge in [0.25, 0.3) is 0 Å². The van der Waals surface area contributed by atoms with Gasteiger partial charge in [0.1, 0.15) is 5.75 Å². The van der Waals surface area contributed by atoms with Crippen molar-refractivity contribution in [2.75, 3.05) is 6.61 Å². The quantitative estimate of drug-likeness (QED) is 0.561. The van der Waals surface area contributed by atoms with Crippen LogP contribution in [0.5, 0.6) is 5.75 Å². The summed E-state index contributed by atoms with van der Waals surface area (Å²) in [5, 5.41) is 0. The Balaban J connectivity index is 2.64. The second-order valence-electron chi connectivity index (χ2n) is 4.47. The van der Waals surface area contributed by atoms with Gasteiger partial charge in [0.15, 0.2) is 12.1 Å². The van der Waals surface area contributed by atoms with E-state index in [9.17, 15) is 4.79 Å². The van der Waals surface area contributed by atoms with Gasteiger partial charge in [0.05, 0.1) is 12.2 Å². The molecule has 0 aromatic heterocycles. The molecule has 0 heterocycles. The van der Waals surface area contributed by atoms with Crippen molar-refractivity contribution < 1.29 is 14.3 Å². The molecule has 0 aliphatic heterocycles. The molecule has 0 saturated heterocycles. The zero-order valence-electron chi connectivity index (χ0n) is 10.9. The van der Waals surface area contributed by atoms with Gasteiger partial charge in [-0.2, -0.15) is 0 Å². The molecule has 1 unspecified atom stereocenters. The molecule has 0 saturated carbocycles. The van der Waals surface area contributed by atoms with E-state index in [1.165, 1.54) is 6.92 Å². The Morgan fingerprint density at radius 3 is 2.47 bits per heavy atom. The van der Waals surface area contributed by atoms with Crippen LogP contribution in [0, 0.1) is 5.92 Å². The monoisotopic (exact) mass is 236 g/mol. The highest BCUT2D eigenvalue weighted by Gasteiger charge is 2.11. The molecule has 94 valence electrons. The molecular formula is C14H20O3. The Labute approximate surface area is 103 Å². The van der Waals surface area contributed by atoms with Crippen LogP contribution < -0.4 is 4.74 Å². The van der Waals surface area contributed by atoms with Crippen LogP contribution in [-0.2, 0) is 4.74 Å². The van der Waals surface area contributed by atoms with Crippen LogP contribution in [0.2, 0.25) is 0 Å². The number of para-hydroxylation sites is 1. The van der Waals surface area contributed by atoms with Gasteiger partial charge >= 0.3 is 0 Å². The number of rotatable bonds is 6. The summed E-state index contributed by atoms with van der Waals surface area (Å²) >= 11 is 0. The van der Waals surface area contributed by atoms with Crippen LogP contribution in [0.3, 0.4) is 0 Å². The maximum atomic E-state index is 11.4. The van der Waals surface area contributed by atoms with Crippen LogP contribution >= 0.6 is 0 Å². The minimum Gasteiger partial charge on any atom is -0.465 e. The summed E-state index contributed by atoms with van der Waals surface area (Å²) < 4.78 is 11.1. The van der Waals surface area contributed by atoms with Crippen LogP contribution in [0.15, 0.2) is 24.3 Å². The molecule has 17 heavy (non-hydrogen) atoms. The lowest BCUT2D eigenvalue weighted by Gasteiger charge is -2.18. The largest absolute Gasteiger partial charge is 0.465 e. The van der Waals surface area contributed by atoms with Crippen LogP contribution in [0.25, 0.3) is 0 Å². The van der Waals surface area contributed by atoms with Crippen LogP contribution in [0.4, 0.5) is 0 Å². The first kappa shape index (κ1) is 13.7. The number of hydrogen-bond donors (Lipinski definition) is 0. The summed E-state index contributed by atoms with van der Waals surface area (Å²) in [4.78, 5) is 11.4.